The maximum atomic E-state index is 11.5. The molecule has 1 N–H and O–H groups in total. The van der Waals surface area contributed by atoms with E-state index < -0.39 is 5.97 Å². The molecule has 1 amide bonds. The first-order valence-corrected chi connectivity index (χ1v) is 6.44. The average molecular weight is 293 g/mol. The van der Waals surface area contributed by atoms with Crippen LogP contribution in [-0.4, -0.2) is 39.2 Å². The molecule has 1 aromatic rings. The molecule has 0 aromatic heterocycles. The van der Waals surface area contributed by atoms with Crippen molar-refractivity contribution in [3.63, 3.8) is 0 Å². The first kappa shape index (κ1) is 16.6. The van der Waals surface area contributed by atoms with Gasteiger partial charge < -0.3 is 19.5 Å². The van der Waals surface area contributed by atoms with Gasteiger partial charge in [-0.2, -0.15) is 0 Å². The van der Waals surface area contributed by atoms with Crippen LogP contribution < -0.4 is 14.8 Å². The number of rotatable bonds is 7. The van der Waals surface area contributed by atoms with Crippen LogP contribution in [0.4, 0.5) is 0 Å². The van der Waals surface area contributed by atoms with Crippen molar-refractivity contribution in [1.82, 2.24) is 5.32 Å². The Morgan fingerprint density at radius 2 is 2.00 bits per heavy atom. The van der Waals surface area contributed by atoms with Gasteiger partial charge in [-0.25, -0.2) is 4.79 Å². The number of hydrogen-bond acceptors (Lipinski definition) is 5. The van der Waals surface area contributed by atoms with Gasteiger partial charge in [0.25, 0.3) is 5.91 Å². The average Bonchev–Trinajstić information content (AvgIpc) is 2.51. The standard InChI is InChI=1S/C15H19NO5/c1-4-16-14(17)10-21-15(18)8-6-11-5-7-12(19-2)9-13(11)20-3/h5-9H,4,10H2,1-3H3,(H,16,17)/b8-6+. The fourth-order valence-electron chi connectivity index (χ4n) is 1.55. The summed E-state index contributed by atoms with van der Waals surface area (Å²) in [5.41, 5.74) is 0.702. The Labute approximate surface area is 123 Å². The highest BCUT2D eigenvalue weighted by Gasteiger charge is 2.05. The van der Waals surface area contributed by atoms with E-state index >= 15 is 0 Å². The predicted molar refractivity (Wildman–Crippen MR) is 78.2 cm³/mol. The third-order valence-electron chi connectivity index (χ3n) is 2.56. The number of ether oxygens (including phenoxy) is 3. The van der Waals surface area contributed by atoms with Crippen molar-refractivity contribution < 1.29 is 23.8 Å². The summed E-state index contributed by atoms with van der Waals surface area (Å²) >= 11 is 0. The second kappa shape index (κ2) is 8.63. The van der Waals surface area contributed by atoms with Crippen LogP contribution in [0.3, 0.4) is 0 Å². The Balaban J connectivity index is 2.63. The van der Waals surface area contributed by atoms with Crippen LogP contribution in [0.2, 0.25) is 0 Å². The summed E-state index contributed by atoms with van der Waals surface area (Å²) in [6, 6.07) is 5.22. The maximum absolute atomic E-state index is 11.5. The third kappa shape index (κ3) is 5.56. The zero-order valence-corrected chi connectivity index (χ0v) is 12.3. The normalized spacial score (nSPS) is 10.2. The second-order valence-corrected chi connectivity index (χ2v) is 4.00. The van der Waals surface area contributed by atoms with E-state index in [9.17, 15) is 9.59 Å². The van der Waals surface area contributed by atoms with E-state index in [0.717, 1.165) is 0 Å². The molecule has 0 saturated carbocycles. The highest BCUT2D eigenvalue weighted by atomic mass is 16.5. The smallest absolute Gasteiger partial charge is 0.331 e. The summed E-state index contributed by atoms with van der Waals surface area (Å²) in [5.74, 6) is 0.297. The quantitative estimate of drug-likeness (QED) is 0.607. The molecule has 1 rings (SSSR count). The summed E-state index contributed by atoms with van der Waals surface area (Å²) in [7, 11) is 3.09. The lowest BCUT2D eigenvalue weighted by atomic mass is 10.2. The van der Waals surface area contributed by atoms with Crippen LogP contribution in [0.15, 0.2) is 24.3 Å². The molecule has 0 fully saturated rings. The van der Waals surface area contributed by atoms with Gasteiger partial charge in [-0.15, -0.1) is 0 Å². The third-order valence-corrected chi connectivity index (χ3v) is 2.56. The predicted octanol–water partition coefficient (Wildman–Crippen LogP) is 1.40. The van der Waals surface area contributed by atoms with Gasteiger partial charge in [0.2, 0.25) is 0 Å². The molecular weight excluding hydrogens is 274 g/mol. The molecule has 0 radical (unpaired) electrons. The van der Waals surface area contributed by atoms with Crippen molar-refractivity contribution in [2.45, 2.75) is 6.92 Å². The summed E-state index contributed by atoms with van der Waals surface area (Å²) in [6.45, 7) is 1.99. The highest BCUT2D eigenvalue weighted by molar-refractivity contribution is 5.89. The van der Waals surface area contributed by atoms with E-state index in [1.807, 2.05) is 0 Å². The molecule has 0 aliphatic carbocycles. The number of esters is 1. The second-order valence-electron chi connectivity index (χ2n) is 4.00. The number of benzene rings is 1. The summed E-state index contributed by atoms with van der Waals surface area (Å²) in [4.78, 5) is 22.6. The number of likely N-dealkylation sites (N-methyl/N-ethyl adjacent to an activating group) is 1. The Morgan fingerprint density at radius 3 is 2.62 bits per heavy atom. The van der Waals surface area contributed by atoms with E-state index in [1.54, 1.807) is 38.3 Å². The molecule has 0 aliphatic heterocycles. The minimum Gasteiger partial charge on any atom is -0.497 e. The maximum Gasteiger partial charge on any atom is 0.331 e. The first-order valence-electron chi connectivity index (χ1n) is 6.44. The number of hydrogen-bond donors (Lipinski definition) is 1. The summed E-state index contributed by atoms with van der Waals surface area (Å²) in [5, 5.41) is 2.53. The molecule has 6 nitrogen and oxygen atoms in total. The minimum absolute atomic E-state index is 0.295. The van der Waals surface area contributed by atoms with E-state index in [1.165, 1.54) is 13.2 Å². The number of carbonyl (C=O) groups excluding carboxylic acids is 2. The molecule has 1 aromatic carbocycles. The van der Waals surface area contributed by atoms with Crippen LogP contribution in [-0.2, 0) is 14.3 Å². The number of amides is 1. The van der Waals surface area contributed by atoms with E-state index in [2.05, 4.69) is 5.32 Å². The molecule has 6 heteroatoms. The Bertz CT molecular complexity index is 525. The van der Waals surface area contributed by atoms with Crippen molar-refractivity contribution >= 4 is 18.0 Å². The summed E-state index contributed by atoms with van der Waals surface area (Å²) < 4.78 is 15.1. The molecule has 0 spiro atoms. The largest absolute Gasteiger partial charge is 0.497 e. The molecule has 0 aliphatic rings. The Morgan fingerprint density at radius 1 is 1.24 bits per heavy atom. The van der Waals surface area contributed by atoms with Gasteiger partial charge in [0.05, 0.1) is 14.2 Å². The first-order chi connectivity index (χ1) is 10.1. The van der Waals surface area contributed by atoms with Crippen LogP contribution in [0, 0.1) is 0 Å². The van der Waals surface area contributed by atoms with E-state index in [0.29, 0.717) is 23.6 Å². The number of nitrogens with one attached hydrogen (secondary N) is 1. The lowest BCUT2D eigenvalue weighted by Gasteiger charge is -2.07. The van der Waals surface area contributed by atoms with Gasteiger partial charge in [0, 0.05) is 24.3 Å². The van der Waals surface area contributed by atoms with E-state index in [4.69, 9.17) is 14.2 Å². The zero-order chi connectivity index (χ0) is 15.7. The molecule has 0 atom stereocenters. The summed E-state index contributed by atoms with van der Waals surface area (Å²) in [6.07, 6.45) is 2.79. The Kier molecular flexibility index (Phi) is 6.80. The van der Waals surface area contributed by atoms with Gasteiger partial charge in [0.1, 0.15) is 11.5 Å². The van der Waals surface area contributed by atoms with E-state index in [-0.39, 0.29) is 12.5 Å². The van der Waals surface area contributed by atoms with Crippen molar-refractivity contribution in [1.29, 1.82) is 0 Å². The lowest BCUT2D eigenvalue weighted by molar-refractivity contribution is -0.143. The van der Waals surface area contributed by atoms with Crippen LogP contribution in [0.5, 0.6) is 11.5 Å². The van der Waals surface area contributed by atoms with Crippen molar-refractivity contribution in [2.75, 3.05) is 27.4 Å². The lowest BCUT2D eigenvalue weighted by Crippen LogP contribution is -2.28. The number of carbonyl (C=O) groups is 2. The van der Waals surface area contributed by atoms with Gasteiger partial charge >= 0.3 is 5.97 Å². The minimum atomic E-state index is -0.598. The van der Waals surface area contributed by atoms with Crippen LogP contribution in [0.25, 0.3) is 6.08 Å². The van der Waals surface area contributed by atoms with Gasteiger partial charge in [0.15, 0.2) is 6.61 Å². The van der Waals surface area contributed by atoms with Gasteiger partial charge in [-0.1, -0.05) is 0 Å². The van der Waals surface area contributed by atoms with Crippen molar-refractivity contribution in [3.05, 3.63) is 29.8 Å². The fraction of sp³-hybridized carbons (Fsp3) is 0.333. The molecule has 0 heterocycles. The zero-order valence-electron chi connectivity index (χ0n) is 12.3. The van der Waals surface area contributed by atoms with Gasteiger partial charge in [-0.3, -0.25) is 4.79 Å². The van der Waals surface area contributed by atoms with Crippen LogP contribution in [0.1, 0.15) is 12.5 Å². The van der Waals surface area contributed by atoms with Crippen LogP contribution >= 0.6 is 0 Å². The number of methoxy groups -OCH3 is 2. The van der Waals surface area contributed by atoms with Crippen molar-refractivity contribution in [2.24, 2.45) is 0 Å². The highest BCUT2D eigenvalue weighted by Crippen LogP contribution is 2.25. The molecule has 0 saturated heterocycles. The van der Waals surface area contributed by atoms with Crippen molar-refractivity contribution in [3.8, 4) is 11.5 Å². The Hall–Kier alpha value is -2.50. The fourth-order valence-corrected chi connectivity index (χ4v) is 1.55. The molecule has 0 bridgehead atoms. The topological polar surface area (TPSA) is 73.9 Å². The molecule has 21 heavy (non-hydrogen) atoms. The monoisotopic (exact) mass is 293 g/mol. The van der Waals surface area contributed by atoms with Gasteiger partial charge in [-0.05, 0) is 25.1 Å². The molecular formula is C15H19NO5. The molecule has 114 valence electrons. The molecule has 0 unspecified atom stereocenters. The SMILES string of the molecule is CCNC(=O)COC(=O)/C=C/c1ccc(OC)cc1OC.